The van der Waals surface area contributed by atoms with Gasteiger partial charge < -0.3 is 19.9 Å². The Morgan fingerprint density at radius 3 is 2.95 bits per heavy atom. The first-order valence-corrected chi connectivity index (χ1v) is 7.09. The van der Waals surface area contributed by atoms with Crippen LogP contribution in [-0.2, 0) is 18.0 Å². The van der Waals surface area contributed by atoms with E-state index in [4.69, 9.17) is 43.1 Å². The van der Waals surface area contributed by atoms with Gasteiger partial charge in [-0.2, -0.15) is 0 Å². The second-order valence-corrected chi connectivity index (χ2v) is 5.40. The van der Waals surface area contributed by atoms with Crippen LogP contribution in [0, 0.1) is 0 Å². The molecular weight excluding hydrogens is 313 g/mol. The van der Waals surface area contributed by atoms with Crippen LogP contribution in [0.2, 0.25) is 10.0 Å². The van der Waals surface area contributed by atoms with Crippen LogP contribution in [0.4, 0.5) is 5.69 Å². The van der Waals surface area contributed by atoms with Crippen molar-refractivity contribution in [2.45, 2.75) is 13.2 Å². The normalized spacial score (nSPS) is 13.4. The average Bonchev–Trinajstić information content (AvgIpc) is 2.48. The minimum absolute atomic E-state index is 0.224. The lowest BCUT2D eigenvalue weighted by atomic mass is 10.1. The van der Waals surface area contributed by atoms with Crippen molar-refractivity contribution < 1.29 is 14.2 Å². The van der Waals surface area contributed by atoms with Gasteiger partial charge in [-0.05, 0) is 24.3 Å². The Balaban J connectivity index is 1.85. The number of rotatable bonds is 3. The van der Waals surface area contributed by atoms with E-state index in [1.807, 2.05) is 12.1 Å². The predicted octanol–water partition coefficient (Wildman–Crippen LogP) is 4.02. The number of anilines is 1. The molecule has 2 aromatic carbocycles. The molecule has 2 N–H and O–H groups in total. The van der Waals surface area contributed by atoms with Gasteiger partial charge in [0.15, 0.2) is 6.79 Å². The predicted molar refractivity (Wildman–Crippen MR) is 81.9 cm³/mol. The zero-order chi connectivity index (χ0) is 14.8. The molecule has 0 saturated heterocycles. The highest BCUT2D eigenvalue weighted by atomic mass is 35.5. The summed E-state index contributed by atoms with van der Waals surface area (Å²) >= 11 is 12.1. The fourth-order valence-electron chi connectivity index (χ4n) is 2.18. The molecule has 1 aliphatic rings. The Kier molecular flexibility index (Phi) is 4.10. The molecule has 0 radical (unpaired) electrons. The van der Waals surface area contributed by atoms with Gasteiger partial charge in [0, 0.05) is 16.8 Å². The van der Waals surface area contributed by atoms with E-state index in [2.05, 4.69) is 0 Å². The van der Waals surface area contributed by atoms with Gasteiger partial charge in [-0.15, -0.1) is 0 Å². The first-order valence-electron chi connectivity index (χ1n) is 6.34. The van der Waals surface area contributed by atoms with E-state index in [0.717, 1.165) is 16.9 Å². The summed E-state index contributed by atoms with van der Waals surface area (Å²) in [6, 6.07) is 8.91. The lowest BCUT2D eigenvalue weighted by Crippen LogP contribution is -2.14. The molecule has 0 bridgehead atoms. The maximum atomic E-state index is 6.10. The van der Waals surface area contributed by atoms with Crippen molar-refractivity contribution in [3.05, 3.63) is 51.5 Å². The summed E-state index contributed by atoms with van der Waals surface area (Å²) in [6.07, 6.45) is 0. The van der Waals surface area contributed by atoms with Gasteiger partial charge in [-0.25, -0.2) is 0 Å². The third kappa shape index (κ3) is 3.02. The molecule has 0 unspecified atom stereocenters. The maximum absolute atomic E-state index is 6.10. The highest BCUT2D eigenvalue weighted by molar-refractivity contribution is 6.42. The first-order chi connectivity index (χ1) is 10.1. The van der Waals surface area contributed by atoms with Crippen molar-refractivity contribution in [2.24, 2.45) is 0 Å². The van der Waals surface area contributed by atoms with Crippen LogP contribution in [0.25, 0.3) is 0 Å². The number of nitrogens with two attached hydrogens (primary N) is 1. The Hall–Kier alpha value is -1.62. The minimum Gasteiger partial charge on any atom is -0.487 e. The van der Waals surface area contributed by atoms with Crippen LogP contribution in [0.15, 0.2) is 30.3 Å². The number of hydrogen-bond donors (Lipinski definition) is 1. The molecule has 2 aromatic rings. The van der Waals surface area contributed by atoms with Crippen LogP contribution in [0.3, 0.4) is 0 Å². The van der Waals surface area contributed by atoms with Crippen LogP contribution in [0.5, 0.6) is 11.5 Å². The number of fused-ring (bicyclic) bond motifs is 1. The molecule has 0 aromatic heterocycles. The fraction of sp³-hybridized carbons (Fsp3) is 0.200. The average molecular weight is 326 g/mol. The summed E-state index contributed by atoms with van der Waals surface area (Å²) in [5.41, 5.74) is 8.29. The van der Waals surface area contributed by atoms with Crippen molar-refractivity contribution >= 4 is 28.9 Å². The second-order valence-electron chi connectivity index (χ2n) is 4.62. The standard InChI is InChI=1S/C15H13Cl2NO3/c16-12-2-1-3-13(14(12)17)20-7-10-5-11(18)4-9-6-19-8-21-15(9)10/h1-5H,6-8,18H2. The summed E-state index contributed by atoms with van der Waals surface area (Å²) in [6.45, 7) is 0.987. The Morgan fingerprint density at radius 1 is 1.24 bits per heavy atom. The van der Waals surface area contributed by atoms with Crippen molar-refractivity contribution in [1.82, 2.24) is 0 Å². The van der Waals surface area contributed by atoms with Crippen LogP contribution < -0.4 is 15.2 Å². The van der Waals surface area contributed by atoms with Crippen LogP contribution >= 0.6 is 23.2 Å². The summed E-state index contributed by atoms with van der Waals surface area (Å²) < 4.78 is 16.5. The highest BCUT2D eigenvalue weighted by Crippen LogP contribution is 2.34. The zero-order valence-electron chi connectivity index (χ0n) is 11.1. The zero-order valence-corrected chi connectivity index (χ0v) is 12.6. The van der Waals surface area contributed by atoms with Gasteiger partial charge in [0.2, 0.25) is 0 Å². The molecule has 1 aliphatic heterocycles. The molecule has 110 valence electrons. The van der Waals surface area contributed by atoms with Gasteiger partial charge in [-0.1, -0.05) is 29.3 Å². The molecule has 1 heterocycles. The van der Waals surface area contributed by atoms with Crippen molar-refractivity contribution in [3.63, 3.8) is 0 Å². The second kappa shape index (κ2) is 6.02. The van der Waals surface area contributed by atoms with E-state index in [-0.39, 0.29) is 13.4 Å². The maximum Gasteiger partial charge on any atom is 0.189 e. The summed E-state index contributed by atoms with van der Waals surface area (Å²) in [4.78, 5) is 0. The minimum atomic E-state index is 0.224. The van der Waals surface area contributed by atoms with E-state index in [0.29, 0.717) is 28.1 Å². The number of benzene rings is 2. The van der Waals surface area contributed by atoms with Gasteiger partial charge in [0.1, 0.15) is 23.1 Å². The molecule has 0 amide bonds. The Morgan fingerprint density at radius 2 is 2.10 bits per heavy atom. The molecule has 0 aliphatic carbocycles. The van der Waals surface area contributed by atoms with E-state index in [9.17, 15) is 0 Å². The molecule has 21 heavy (non-hydrogen) atoms. The van der Waals surface area contributed by atoms with Crippen molar-refractivity contribution in [3.8, 4) is 11.5 Å². The molecule has 0 atom stereocenters. The number of halogens is 2. The van der Waals surface area contributed by atoms with Crippen LogP contribution in [0.1, 0.15) is 11.1 Å². The molecule has 0 spiro atoms. The Bertz CT molecular complexity index is 676. The molecule has 6 heteroatoms. The number of ether oxygens (including phenoxy) is 3. The van der Waals surface area contributed by atoms with E-state index in [1.54, 1.807) is 18.2 Å². The Labute approximate surface area is 132 Å². The first kappa shape index (κ1) is 14.3. The van der Waals surface area contributed by atoms with Gasteiger partial charge in [-0.3, -0.25) is 0 Å². The monoisotopic (exact) mass is 325 g/mol. The quantitative estimate of drug-likeness (QED) is 0.866. The third-order valence-corrected chi connectivity index (χ3v) is 3.91. The smallest absolute Gasteiger partial charge is 0.189 e. The summed E-state index contributed by atoms with van der Waals surface area (Å²) in [7, 11) is 0. The number of hydrogen-bond acceptors (Lipinski definition) is 4. The lowest BCUT2D eigenvalue weighted by molar-refractivity contribution is -0.0175. The third-order valence-electron chi connectivity index (χ3n) is 3.11. The van der Waals surface area contributed by atoms with E-state index < -0.39 is 0 Å². The van der Waals surface area contributed by atoms with E-state index in [1.165, 1.54) is 0 Å². The molecule has 4 nitrogen and oxygen atoms in total. The summed E-state index contributed by atoms with van der Waals surface area (Å²) in [5.74, 6) is 1.28. The van der Waals surface area contributed by atoms with E-state index >= 15 is 0 Å². The molecule has 0 fully saturated rings. The fourth-order valence-corrected chi connectivity index (χ4v) is 2.53. The van der Waals surface area contributed by atoms with Crippen molar-refractivity contribution in [2.75, 3.05) is 12.5 Å². The van der Waals surface area contributed by atoms with Crippen molar-refractivity contribution in [1.29, 1.82) is 0 Å². The lowest BCUT2D eigenvalue weighted by Gasteiger charge is -2.21. The van der Waals surface area contributed by atoms with Crippen LogP contribution in [-0.4, -0.2) is 6.79 Å². The summed E-state index contributed by atoms with van der Waals surface area (Å²) in [5, 5.41) is 0.842. The van der Waals surface area contributed by atoms with Gasteiger partial charge in [0.25, 0.3) is 0 Å². The SMILES string of the molecule is Nc1cc2c(c(COc3cccc(Cl)c3Cl)c1)OCOC2. The topological polar surface area (TPSA) is 53.7 Å². The van der Waals surface area contributed by atoms with Gasteiger partial charge >= 0.3 is 0 Å². The molecule has 0 saturated carbocycles. The van der Waals surface area contributed by atoms with Gasteiger partial charge in [0.05, 0.1) is 11.6 Å². The molecular formula is C15H13Cl2NO3. The largest absolute Gasteiger partial charge is 0.487 e. The number of nitrogen functional groups attached to an aromatic ring is 1. The highest BCUT2D eigenvalue weighted by Gasteiger charge is 2.17. The molecule has 3 rings (SSSR count).